The Morgan fingerprint density at radius 2 is 0.636 bits per heavy atom. The molecule has 0 fully saturated rings. The summed E-state index contributed by atoms with van der Waals surface area (Å²) >= 11 is 0. The predicted octanol–water partition coefficient (Wildman–Crippen LogP) is 18.8. The zero-order chi connectivity index (χ0) is 47.9. The highest BCUT2D eigenvalue weighted by Gasteiger charge is 2.19. The smallest absolute Gasteiger partial charge is 0.306 e. The van der Waals surface area contributed by atoms with Gasteiger partial charge in [0.15, 0.2) is 6.10 Å². The highest BCUT2D eigenvalue weighted by molar-refractivity contribution is 5.71. The minimum Gasteiger partial charge on any atom is -0.462 e. The maximum absolute atomic E-state index is 12.8. The molecule has 0 amide bonds. The second-order valence-electron chi connectivity index (χ2n) is 18.9. The van der Waals surface area contributed by atoms with Gasteiger partial charge in [-0.1, -0.05) is 261 Å². The zero-order valence-electron chi connectivity index (χ0n) is 43.7. The van der Waals surface area contributed by atoms with Gasteiger partial charge in [-0.3, -0.25) is 14.4 Å². The van der Waals surface area contributed by atoms with Crippen LogP contribution in [0.3, 0.4) is 0 Å². The van der Waals surface area contributed by atoms with Gasteiger partial charge in [0.2, 0.25) is 0 Å². The van der Waals surface area contributed by atoms with E-state index in [0.29, 0.717) is 19.3 Å². The van der Waals surface area contributed by atoms with E-state index in [1.807, 2.05) is 6.08 Å². The van der Waals surface area contributed by atoms with Crippen molar-refractivity contribution < 1.29 is 28.6 Å². The van der Waals surface area contributed by atoms with Crippen LogP contribution in [0.25, 0.3) is 0 Å². The third-order valence-electron chi connectivity index (χ3n) is 12.3. The molecule has 0 aromatic carbocycles. The molecule has 1 unspecified atom stereocenters. The van der Waals surface area contributed by atoms with Gasteiger partial charge >= 0.3 is 17.9 Å². The summed E-state index contributed by atoms with van der Waals surface area (Å²) in [6.07, 6.45) is 67.9. The molecule has 0 saturated carbocycles. The van der Waals surface area contributed by atoms with Crippen LogP contribution < -0.4 is 0 Å². The molecule has 0 saturated heterocycles. The van der Waals surface area contributed by atoms with Crippen molar-refractivity contribution in [2.75, 3.05) is 13.2 Å². The van der Waals surface area contributed by atoms with Gasteiger partial charge < -0.3 is 14.2 Å². The molecule has 0 aromatic rings. The molecule has 1 atom stereocenters. The first-order valence-electron chi connectivity index (χ1n) is 28.3. The Morgan fingerprint density at radius 1 is 0.318 bits per heavy atom. The largest absolute Gasteiger partial charge is 0.462 e. The number of allylic oxidation sites excluding steroid dienone is 10. The van der Waals surface area contributed by atoms with E-state index < -0.39 is 6.10 Å². The summed E-state index contributed by atoms with van der Waals surface area (Å²) in [5.41, 5.74) is 0. The molecule has 66 heavy (non-hydrogen) atoms. The van der Waals surface area contributed by atoms with E-state index in [0.717, 1.165) is 70.6 Å². The average molecular weight is 924 g/mol. The van der Waals surface area contributed by atoms with E-state index in [1.165, 1.54) is 167 Å². The van der Waals surface area contributed by atoms with Crippen LogP contribution in [0.2, 0.25) is 0 Å². The molecule has 382 valence electrons. The van der Waals surface area contributed by atoms with Crippen LogP contribution in [0.5, 0.6) is 0 Å². The number of ether oxygens (including phenoxy) is 3. The van der Waals surface area contributed by atoms with Crippen LogP contribution in [-0.2, 0) is 28.6 Å². The number of hydrogen-bond acceptors (Lipinski definition) is 6. The summed E-state index contributed by atoms with van der Waals surface area (Å²) in [4.78, 5) is 38.1. The minimum absolute atomic E-state index is 0.0997. The van der Waals surface area contributed by atoms with Crippen LogP contribution in [-0.4, -0.2) is 37.2 Å². The normalized spacial score (nSPS) is 12.5. The molecule has 0 spiro atoms. The van der Waals surface area contributed by atoms with Crippen LogP contribution >= 0.6 is 0 Å². The second-order valence-corrected chi connectivity index (χ2v) is 18.9. The molecule has 0 rings (SSSR count). The molecule has 0 aliphatic rings. The molecule has 0 bridgehead atoms. The Kier molecular flexibility index (Phi) is 52.3. The second kappa shape index (κ2) is 54.7. The predicted molar refractivity (Wildman–Crippen MR) is 284 cm³/mol. The lowest BCUT2D eigenvalue weighted by Crippen LogP contribution is -2.30. The Hall–Kier alpha value is -2.89. The van der Waals surface area contributed by atoms with Crippen molar-refractivity contribution in [1.82, 2.24) is 0 Å². The van der Waals surface area contributed by atoms with E-state index in [1.54, 1.807) is 0 Å². The molecule has 0 radical (unpaired) electrons. The van der Waals surface area contributed by atoms with Crippen LogP contribution in [0.4, 0.5) is 0 Å². The molecule has 0 heterocycles. The molecular formula is C60H106O6. The Labute approximate surface area is 409 Å². The quantitative estimate of drug-likeness (QED) is 0.0199. The topological polar surface area (TPSA) is 78.9 Å². The van der Waals surface area contributed by atoms with Crippen molar-refractivity contribution in [2.45, 2.75) is 290 Å². The van der Waals surface area contributed by atoms with Crippen molar-refractivity contribution in [1.29, 1.82) is 0 Å². The number of esters is 3. The average Bonchev–Trinajstić information content (AvgIpc) is 3.31. The third kappa shape index (κ3) is 52.1. The number of carbonyl (C=O) groups excluding carboxylic acids is 3. The number of unbranched alkanes of at least 4 members (excludes halogenated alkanes) is 32. The fourth-order valence-electron chi connectivity index (χ4n) is 8.03. The van der Waals surface area contributed by atoms with Gasteiger partial charge in [0.1, 0.15) is 13.2 Å². The van der Waals surface area contributed by atoms with Crippen LogP contribution in [0.15, 0.2) is 60.8 Å². The SMILES string of the molecule is CCCCCCC\C=C/C=C\C=C/CCCCCCCC(=O)OCC(COC(=O)CC/C=C\C/C=C\CCCCCCCC)OC(=O)CCCCCCCCCCCCCCCCCCC. The summed E-state index contributed by atoms with van der Waals surface area (Å²) in [6.45, 7) is 6.57. The molecule has 0 aliphatic heterocycles. The van der Waals surface area contributed by atoms with Gasteiger partial charge in [-0.15, -0.1) is 0 Å². The van der Waals surface area contributed by atoms with E-state index >= 15 is 0 Å². The number of hydrogen-bond donors (Lipinski definition) is 0. The lowest BCUT2D eigenvalue weighted by atomic mass is 10.0. The number of carbonyl (C=O) groups is 3. The Morgan fingerprint density at radius 3 is 1.05 bits per heavy atom. The molecule has 6 heteroatoms. The van der Waals surface area contributed by atoms with E-state index in [9.17, 15) is 14.4 Å². The third-order valence-corrected chi connectivity index (χ3v) is 12.3. The first kappa shape index (κ1) is 63.1. The summed E-state index contributed by atoms with van der Waals surface area (Å²) in [7, 11) is 0. The highest BCUT2D eigenvalue weighted by Crippen LogP contribution is 2.16. The van der Waals surface area contributed by atoms with Crippen molar-refractivity contribution in [3.05, 3.63) is 60.8 Å². The summed E-state index contributed by atoms with van der Waals surface area (Å²) < 4.78 is 16.8. The molecular weight excluding hydrogens is 817 g/mol. The fraction of sp³-hybridized carbons (Fsp3) is 0.783. The van der Waals surface area contributed by atoms with Crippen molar-refractivity contribution >= 4 is 17.9 Å². The van der Waals surface area contributed by atoms with E-state index in [-0.39, 0.29) is 37.5 Å². The van der Waals surface area contributed by atoms with Gasteiger partial charge in [-0.2, -0.15) is 0 Å². The van der Waals surface area contributed by atoms with Gasteiger partial charge in [-0.05, 0) is 64.2 Å². The lowest BCUT2D eigenvalue weighted by molar-refractivity contribution is -0.166. The van der Waals surface area contributed by atoms with Gasteiger partial charge in [0.05, 0.1) is 0 Å². The van der Waals surface area contributed by atoms with E-state index in [2.05, 4.69) is 75.5 Å². The van der Waals surface area contributed by atoms with Crippen molar-refractivity contribution in [3.63, 3.8) is 0 Å². The molecule has 0 aliphatic carbocycles. The summed E-state index contributed by atoms with van der Waals surface area (Å²) in [6, 6.07) is 0. The first-order chi connectivity index (χ1) is 32.5. The standard InChI is InChI=1S/C60H106O6/c1-4-7-10-13-16-19-22-25-27-29-31-32-35-38-41-44-47-50-53-59(62)65-56-57(55-64-58(61)52-49-46-43-40-37-34-24-21-18-15-12-9-6-3)66-60(63)54-51-48-45-42-39-36-33-30-28-26-23-20-17-14-11-8-5-2/h22,25,27,29,31-32,34,37,43,46,57H,4-21,23-24,26,28,30,33,35-36,38-42,44-45,47-56H2,1-3H3/b25-22-,29-27-,32-31-,37-34-,46-43-. The van der Waals surface area contributed by atoms with Gasteiger partial charge in [0, 0.05) is 19.3 Å². The van der Waals surface area contributed by atoms with E-state index in [4.69, 9.17) is 14.2 Å². The van der Waals surface area contributed by atoms with Crippen LogP contribution in [0.1, 0.15) is 284 Å². The lowest BCUT2D eigenvalue weighted by Gasteiger charge is -2.18. The number of rotatable bonds is 51. The summed E-state index contributed by atoms with van der Waals surface area (Å²) in [5, 5.41) is 0. The molecule has 6 nitrogen and oxygen atoms in total. The summed E-state index contributed by atoms with van der Waals surface area (Å²) in [5.74, 6) is -0.976. The monoisotopic (exact) mass is 923 g/mol. The van der Waals surface area contributed by atoms with Crippen molar-refractivity contribution in [3.8, 4) is 0 Å². The first-order valence-corrected chi connectivity index (χ1v) is 28.3. The van der Waals surface area contributed by atoms with Crippen LogP contribution in [0, 0.1) is 0 Å². The molecule has 0 N–H and O–H groups in total. The van der Waals surface area contributed by atoms with Gasteiger partial charge in [0.25, 0.3) is 0 Å². The zero-order valence-corrected chi connectivity index (χ0v) is 43.7. The highest BCUT2D eigenvalue weighted by atomic mass is 16.6. The Bertz CT molecular complexity index is 1200. The fourth-order valence-corrected chi connectivity index (χ4v) is 8.03. The minimum atomic E-state index is -0.803. The van der Waals surface area contributed by atoms with Crippen molar-refractivity contribution in [2.24, 2.45) is 0 Å². The maximum Gasteiger partial charge on any atom is 0.306 e. The maximum atomic E-state index is 12.8. The van der Waals surface area contributed by atoms with Gasteiger partial charge in [-0.25, -0.2) is 0 Å². The Balaban J connectivity index is 4.44. The molecule has 0 aromatic heterocycles.